The fourth-order valence-corrected chi connectivity index (χ4v) is 3.08. The number of benzene rings is 2. The minimum atomic E-state index is 0.0343. The number of halogens is 1. The lowest BCUT2D eigenvalue weighted by Gasteiger charge is -2.13. The van der Waals surface area contributed by atoms with Crippen LogP contribution in [0.2, 0.25) is 0 Å². The number of fused-ring (bicyclic) bond motifs is 1. The maximum Gasteiger partial charge on any atom is 0.126 e. The molecule has 102 valence electrons. The highest BCUT2D eigenvalue weighted by molar-refractivity contribution is 9.09. The molecule has 0 N–H and O–H groups in total. The summed E-state index contributed by atoms with van der Waals surface area (Å²) in [6.07, 6.45) is 0. The van der Waals surface area contributed by atoms with Crippen molar-refractivity contribution in [3.63, 3.8) is 0 Å². The second kappa shape index (κ2) is 5.33. The molecule has 0 aliphatic rings. The number of aryl methyl sites for hydroxylation is 1. The van der Waals surface area contributed by atoms with Crippen LogP contribution in [0, 0.1) is 6.92 Å². The third kappa shape index (κ3) is 2.22. The Kier molecular flexibility index (Phi) is 3.53. The van der Waals surface area contributed by atoms with Crippen LogP contribution in [0.4, 0.5) is 0 Å². The van der Waals surface area contributed by atoms with Gasteiger partial charge in [-0.3, -0.25) is 0 Å². The molecule has 0 aliphatic heterocycles. The molecule has 1 unspecified atom stereocenters. The number of ether oxygens (including phenoxy) is 1. The Hall–Kier alpha value is -1.74. The minimum Gasteiger partial charge on any atom is -0.496 e. The zero-order valence-corrected chi connectivity index (χ0v) is 13.0. The molecule has 3 aromatic rings. The fourth-order valence-electron chi connectivity index (χ4n) is 2.44. The minimum absolute atomic E-state index is 0.0343. The molecule has 0 bridgehead atoms. The largest absolute Gasteiger partial charge is 0.496 e. The van der Waals surface area contributed by atoms with Crippen LogP contribution in [0.5, 0.6) is 5.75 Å². The second-order valence-corrected chi connectivity index (χ2v) is 5.63. The molecule has 2 nitrogen and oxygen atoms in total. The van der Waals surface area contributed by atoms with Crippen LogP contribution in [0.15, 0.2) is 52.9 Å². The van der Waals surface area contributed by atoms with Gasteiger partial charge < -0.3 is 9.15 Å². The Bertz CT molecular complexity index is 746. The van der Waals surface area contributed by atoms with Crippen LogP contribution in [0.1, 0.15) is 21.9 Å². The molecular weight excluding hydrogens is 316 g/mol. The maximum absolute atomic E-state index is 5.73. The van der Waals surface area contributed by atoms with Gasteiger partial charge in [-0.15, -0.1) is 0 Å². The molecule has 3 heteroatoms. The molecule has 0 radical (unpaired) electrons. The SMILES string of the molecule is COc1ccc(C(Br)c2ccc(C)o2)c2ccccc12. The lowest BCUT2D eigenvalue weighted by Crippen LogP contribution is -1.94. The highest BCUT2D eigenvalue weighted by Gasteiger charge is 2.17. The number of rotatable bonds is 3. The Labute approximate surface area is 126 Å². The first-order chi connectivity index (χ1) is 9.70. The quantitative estimate of drug-likeness (QED) is 0.613. The molecule has 3 rings (SSSR count). The number of hydrogen-bond acceptors (Lipinski definition) is 2. The van der Waals surface area contributed by atoms with E-state index >= 15 is 0 Å². The van der Waals surface area contributed by atoms with Gasteiger partial charge in [0.05, 0.1) is 11.9 Å². The van der Waals surface area contributed by atoms with Crippen LogP contribution in [-0.2, 0) is 0 Å². The van der Waals surface area contributed by atoms with Crippen molar-refractivity contribution < 1.29 is 9.15 Å². The van der Waals surface area contributed by atoms with E-state index in [1.807, 2.05) is 37.3 Å². The molecule has 0 fully saturated rings. The van der Waals surface area contributed by atoms with E-state index in [4.69, 9.17) is 9.15 Å². The van der Waals surface area contributed by atoms with Crippen LogP contribution in [-0.4, -0.2) is 7.11 Å². The Morgan fingerprint density at radius 1 is 1.00 bits per heavy atom. The van der Waals surface area contributed by atoms with Gasteiger partial charge in [0.1, 0.15) is 17.3 Å². The Morgan fingerprint density at radius 2 is 1.75 bits per heavy atom. The summed E-state index contributed by atoms with van der Waals surface area (Å²) in [5.41, 5.74) is 1.18. The normalized spacial score (nSPS) is 12.6. The van der Waals surface area contributed by atoms with Crippen molar-refractivity contribution in [3.05, 3.63) is 65.6 Å². The van der Waals surface area contributed by atoms with Gasteiger partial charge in [-0.05, 0) is 36.1 Å². The average molecular weight is 331 g/mol. The van der Waals surface area contributed by atoms with E-state index in [2.05, 4.69) is 34.1 Å². The van der Waals surface area contributed by atoms with Gasteiger partial charge in [0.2, 0.25) is 0 Å². The predicted octanol–water partition coefficient (Wildman–Crippen LogP) is 5.23. The summed E-state index contributed by atoms with van der Waals surface area (Å²) in [6, 6.07) is 16.3. The van der Waals surface area contributed by atoms with Crippen LogP contribution >= 0.6 is 15.9 Å². The summed E-state index contributed by atoms with van der Waals surface area (Å²) in [5.74, 6) is 2.72. The zero-order valence-electron chi connectivity index (χ0n) is 11.4. The first-order valence-electron chi connectivity index (χ1n) is 6.46. The molecule has 0 aliphatic carbocycles. The molecule has 1 atom stereocenters. The maximum atomic E-state index is 5.73. The Balaban J connectivity index is 2.17. The van der Waals surface area contributed by atoms with E-state index in [-0.39, 0.29) is 4.83 Å². The van der Waals surface area contributed by atoms with Crippen molar-refractivity contribution in [1.29, 1.82) is 0 Å². The third-order valence-electron chi connectivity index (χ3n) is 3.42. The highest BCUT2D eigenvalue weighted by atomic mass is 79.9. The highest BCUT2D eigenvalue weighted by Crippen LogP contribution is 2.38. The standard InChI is InChI=1S/C17H15BrO2/c1-11-7-9-16(20-11)17(18)14-8-10-15(19-2)13-6-4-3-5-12(13)14/h3-10,17H,1-2H3. The van der Waals surface area contributed by atoms with Crippen molar-refractivity contribution in [2.45, 2.75) is 11.8 Å². The molecule has 20 heavy (non-hydrogen) atoms. The molecule has 0 amide bonds. The van der Waals surface area contributed by atoms with Gasteiger partial charge in [0.25, 0.3) is 0 Å². The summed E-state index contributed by atoms with van der Waals surface area (Å²) >= 11 is 3.74. The Morgan fingerprint density at radius 3 is 2.40 bits per heavy atom. The summed E-state index contributed by atoms with van der Waals surface area (Å²) < 4.78 is 11.2. The van der Waals surface area contributed by atoms with E-state index in [1.165, 1.54) is 10.9 Å². The molecule has 1 aromatic heterocycles. The topological polar surface area (TPSA) is 22.4 Å². The van der Waals surface area contributed by atoms with Gasteiger partial charge >= 0.3 is 0 Å². The first kappa shape index (κ1) is 13.3. The van der Waals surface area contributed by atoms with Gasteiger partial charge in [0, 0.05) is 5.39 Å². The summed E-state index contributed by atoms with van der Waals surface area (Å²) in [6.45, 7) is 1.95. The van der Waals surface area contributed by atoms with E-state index < -0.39 is 0 Å². The molecule has 0 saturated heterocycles. The number of alkyl halides is 1. The molecule has 2 aromatic carbocycles. The smallest absolute Gasteiger partial charge is 0.126 e. The molecule has 0 spiro atoms. The van der Waals surface area contributed by atoms with Crippen LogP contribution < -0.4 is 4.74 Å². The zero-order chi connectivity index (χ0) is 14.1. The van der Waals surface area contributed by atoms with Crippen LogP contribution in [0.25, 0.3) is 10.8 Å². The van der Waals surface area contributed by atoms with Gasteiger partial charge in [-0.25, -0.2) is 0 Å². The van der Waals surface area contributed by atoms with E-state index in [0.717, 1.165) is 22.7 Å². The average Bonchev–Trinajstić information content (AvgIpc) is 2.92. The van der Waals surface area contributed by atoms with Gasteiger partial charge in [-0.1, -0.05) is 46.3 Å². The van der Waals surface area contributed by atoms with Crippen LogP contribution in [0.3, 0.4) is 0 Å². The second-order valence-electron chi connectivity index (χ2n) is 4.71. The number of methoxy groups -OCH3 is 1. The summed E-state index contributed by atoms with van der Waals surface area (Å²) in [5, 5.41) is 2.28. The monoisotopic (exact) mass is 330 g/mol. The van der Waals surface area contributed by atoms with Crippen molar-refractivity contribution in [1.82, 2.24) is 0 Å². The lowest BCUT2D eigenvalue weighted by atomic mass is 10.0. The predicted molar refractivity (Wildman–Crippen MR) is 84.7 cm³/mol. The number of hydrogen-bond donors (Lipinski definition) is 0. The first-order valence-corrected chi connectivity index (χ1v) is 7.38. The van der Waals surface area contributed by atoms with Crippen molar-refractivity contribution >= 4 is 26.7 Å². The van der Waals surface area contributed by atoms with E-state index in [1.54, 1.807) is 7.11 Å². The van der Waals surface area contributed by atoms with Gasteiger partial charge in [-0.2, -0.15) is 0 Å². The van der Waals surface area contributed by atoms with Crippen molar-refractivity contribution in [2.24, 2.45) is 0 Å². The van der Waals surface area contributed by atoms with Crippen molar-refractivity contribution in [2.75, 3.05) is 7.11 Å². The molecular formula is C17H15BrO2. The fraction of sp³-hybridized carbons (Fsp3) is 0.176. The third-order valence-corrected chi connectivity index (χ3v) is 4.37. The lowest BCUT2D eigenvalue weighted by molar-refractivity contribution is 0.419. The summed E-state index contributed by atoms with van der Waals surface area (Å²) in [4.78, 5) is 0.0343. The number of furan rings is 1. The summed E-state index contributed by atoms with van der Waals surface area (Å²) in [7, 11) is 1.70. The van der Waals surface area contributed by atoms with E-state index in [0.29, 0.717) is 0 Å². The molecule has 1 heterocycles. The van der Waals surface area contributed by atoms with Gasteiger partial charge in [0.15, 0.2) is 0 Å². The molecule has 0 saturated carbocycles. The van der Waals surface area contributed by atoms with E-state index in [9.17, 15) is 0 Å². The van der Waals surface area contributed by atoms with Crippen molar-refractivity contribution in [3.8, 4) is 5.75 Å².